The number of hydrogen-bond acceptors (Lipinski definition) is 9. The van der Waals surface area contributed by atoms with Gasteiger partial charge in [0.2, 0.25) is 0 Å². The molecule has 5 rings (SSSR count). The van der Waals surface area contributed by atoms with E-state index >= 15 is 4.39 Å². The molecule has 0 amide bonds. The molecule has 2 N–H and O–H groups in total. The topological polar surface area (TPSA) is 129 Å². The van der Waals surface area contributed by atoms with Crippen molar-refractivity contribution in [1.29, 1.82) is 5.26 Å². The van der Waals surface area contributed by atoms with Crippen LogP contribution < -0.4 is 10.2 Å². The van der Waals surface area contributed by atoms with Crippen LogP contribution in [-0.4, -0.2) is 66.6 Å². The molecular weight excluding hydrogens is 413 g/mol. The van der Waals surface area contributed by atoms with Crippen LogP contribution >= 0.6 is 0 Å². The van der Waals surface area contributed by atoms with Gasteiger partial charge in [-0.1, -0.05) is 11.6 Å². The molecular formula is C21H22FN9O. The zero-order valence-corrected chi connectivity index (χ0v) is 17.4. The summed E-state index contributed by atoms with van der Waals surface area (Å²) in [5.41, 5.74) is 1.11. The summed E-state index contributed by atoms with van der Waals surface area (Å²) in [6.07, 6.45) is 5.74. The van der Waals surface area contributed by atoms with Crippen molar-refractivity contribution in [3.05, 3.63) is 36.3 Å². The van der Waals surface area contributed by atoms with Gasteiger partial charge in [-0.3, -0.25) is 0 Å². The van der Waals surface area contributed by atoms with Crippen LogP contribution in [0.15, 0.2) is 30.6 Å². The number of phenols is 1. The number of phenolic OH excluding ortho intramolecular Hbond substituents is 1. The number of nitrogens with one attached hydrogen (secondary N) is 1. The second kappa shape index (κ2) is 8.12. The standard InChI is InChI=1S/C21H22FN9O/c1-30(17-7-12-3-2-4-16(25-12)20(17)22)19-10-24-21(28-27-19)15-6-5-14(8-18(15)32)31-11-13(9-23)26-29-31/h5-6,8,10-12,16-17,20,25,32H,2-4,7H2,1H3/t12-,16+,17+,20-/m1/s1. The smallest absolute Gasteiger partial charge is 0.185 e. The van der Waals surface area contributed by atoms with E-state index in [0.29, 0.717) is 23.1 Å². The number of halogens is 1. The number of hydrogen-bond donors (Lipinski definition) is 2. The fraction of sp³-hybridized carbons (Fsp3) is 0.429. The van der Waals surface area contributed by atoms with Crippen molar-refractivity contribution in [3.8, 4) is 28.9 Å². The highest BCUT2D eigenvalue weighted by molar-refractivity contribution is 5.66. The average molecular weight is 435 g/mol. The van der Waals surface area contributed by atoms with Crippen molar-refractivity contribution < 1.29 is 9.50 Å². The second-order valence-electron chi connectivity index (χ2n) is 8.26. The summed E-state index contributed by atoms with van der Waals surface area (Å²) < 4.78 is 16.4. The normalized spacial score (nSPS) is 24.7. The predicted octanol–water partition coefficient (Wildman–Crippen LogP) is 1.75. The minimum Gasteiger partial charge on any atom is -0.507 e. The molecule has 0 aliphatic carbocycles. The molecule has 2 aliphatic rings. The summed E-state index contributed by atoms with van der Waals surface area (Å²) in [5.74, 6) is 0.681. The molecule has 0 spiro atoms. The van der Waals surface area contributed by atoms with Gasteiger partial charge in [-0.25, -0.2) is 14.1 Å². The number of alkyl halides is 1. The lowest BCUT2D eigenvalue weighted by Crippen LogP contribution is -2.61. The van der Waals surface area contributed by atoms with Crippen LogP contribution in [0.1, 0.15) is 31.4 Å². The van der Waals surface area contributed by atoms with Crippen LogP contribution in [0.4, 0.5) is 10.2 Å². The first-order valence-corrected chi connectivity index (χ1v) is 10.5. The van der Waals surface area contributed by atoms with Gasteiger partial charge >= 0.3 is 0 Å². The molecule has 2 aromatic heterocycles. The molecule has 3 aromatic rings. The highest BCUT2D eigenvalue weighted by Crippen LogP contribution is 2.33. The van der Waals surface area contributed by atoms with Crippen molar-refractivity contribution >= 4 is 5.82 Å². The van der Waals surface area contributed by atoms with Crippen LogP contribution in [0.5, 0.6) is 5.75 Å². The Morgan fingerprint density at radius 2 is 2.16 bits per heavy atom. The van der Waals surface area contributed by atoms with E-state index in [-0.39, 0.29) is 29.4 Å². The van der Waals surface area contributed by atoms with E-state index in [2.05, 4.69) is 30.8 Å². The van der Waals surface area contributed by atoms with Crippen molar-refractivity contribution in [2.24, 2.45) is 0 Å². The fourth-order valence-electron chi connectivity index (χ4n) is 4.57. The minimum atomic E-state index is -0.979. The Morgan fingerprint density at radius 3 is 2.88 bits per heavy atom. The van der Waals surface area contributed by atoms with Crippen molar-refractivity contribution in [2.45, 2.75) is 50.0 Å². The van der Waals surface area contributed by atoms with Gasteiger partial charge in [-0.05, 0) is 31.4 Å². The molecule has 0 radical (unpaired) electrons. The number of fused-ring (bicyclic) bond motifs is 2. The van der Waals surface area contributed by atoms with Gasteiger partial charge < -0.3 is 15.3 Å². The van der Waals surface area contributed by atoms with Crippen LogP contribution in [-0.2, 0) is 0 Å². The predicted molar refractivity (Wildman–Crippen MR) is 113 cm³/mol. The third-order valence-corrected chi connectivity index (χ3v) is 6.30. The molecule has 2 aliphatic heterocycles. The molecule has 10 nitrogen and oxygen atoms in total. The number of anilines is 1. The fourth-order valence-corrected chi connectivity index (χ4v) is 4.57. The van der Waals surface area contributed by atoms with E-state index in [4.69, 9.17) is 5.26 Å². The Hall–Kier alpha value is -3.65. The Balaban J connectivity index is 1.35. The highest BCUT2D eigenvalue weighted by atomic mass is 19.1. The van der Waals surface area contributed by atoms with E-state index < -0.39 is 6.17 Å². The second-order valence-corrected chi connectivity index (χ2v) is 8.26. The highest BCUT2D eigenvalue weighted by Gasteiger charge is 2.42. The maximum Gasteiger partial charge on any atom is 0.185 e. The molecule has 4 heterocycles. The number of nitrogens with zero attached hydrogens (tertiary/aromatic N) is 8. The Bertz CT molecular complexity index is 1160. The van der Waals surface area contributed by atoms with Gasteiger partial charge in [0.1, 0.15) is 18.0 Å². The molecule has 11 heteroatoms. The van der Waals surface area contributed by atoms with Crippen molar-refractivity contribution in [1.82, 2.24) is 35.5 Å². The molecule has 2 fully saturated rings. The van der Waals surface area contributed by atoms with E-state index in [1.54, 1.807) is 18.3 Å². The number of benzene rings is 1. The van der Waals surface area contributed by atoms with Gasteiger partial charge in [0.05, 0.1) is 29.7 Å². The van der Waals surface area contributed by atoms with Gasteiger partial charge in [0.15, 0.2) is 17.3 Å². The first kappa shape index (κ1) is 20.3. The van der Waals surface area contributed by atoms with E-state index in [1.165, 1.54) is 16.9 Å². The van der Waals surface area contributed by atoms with Gasteiger partial charge in [-0.15, -0.1) is 15.3 Å². The summed E-state index contributed by atoms with van der Waals surface area (Å²) >= 11 is 0. The monoisotopic (exact) mass is 435 g/mol. The molecule has 32 heavy (non-hydrogen) atoms. The van der Waals surface area contributed by atoms with Crippen molar-refractivity contribution in [2.75, 3.05) is 11.9 Å². The summed E-state index contributed by atoms with van der Waals surface area (Å²) in [4.78, 5) is 6.17. The zero-order valence-electron chi connectivity index (χ0n) is 17.4. The first-order valence-electron chi connectivity index (χ1n) is 10.5. The Kier molecular flexibility index (Phi) is 5.14. The van der Waals surface area contributed by atoms with Crippen LogP contribution in [0, 0.1) is 11.3 Å². The van der Waals surface area contributed by atoms with Crippen LogP contribution in [0.25, 0.3) is 17.1 Å². The first-order chi connectivity index (χ1) is 15.5. The minimum absolute atomic E-state index is 0.0607. The van der Waals surface area contributed by atoms with Crippen molar-refractivity contribution in [3.63, 3.8) is 0 Å². The van der Waals surface area contributed by atoms with E-state index in [1.807, 2.05) is 18.0 Å². The SMILES string of the molecule is CN(c1cnc(-c2ccc(-n3cc(C#N)nn3)cc2O)nn1)[C@H]1C[C@H]2CCC[C@H](N2)[C@H]1F. The van der Waals surface area contributed by atoms with E-state index in [9.17, 15) is 5.11 Å². The quantitative estimate of drug-likeness (QED) is 0.630. The molecule has 1 aromatic carbocycles. The number of aromatic hydroxyl groups is 1. The lowest BCUT2D eigenvalue weighted by Gasteiger charge is -2.45. The molecule has 2 bridgehead atoms. The lowest BCUT2D eigenvalue weighted by molar-refractivity contribution is 0.107. The third-order valence-electron chi connectivity index (χ3n) is 6.30. The molecule has 4 atom stereocenters. The van der Waals surface area contributed by atoms with Gasteiger partial charge in [-0.2, -0.15) is 5.26 Å². The number of piperidine rings is 2. The third kappa shape index (κ3) is 3.62. The van der Waals surface area contributed by atoms with Gasteiger partial charge in [0.25, 0.3) is 0 Å². The summed E-state index contributed by atoms with van der Waals surface area (Å²) in [6.45, 7) is 0. The summed E-state index contributed by atoms with van der Waals surface area (Å²) in [6, 6.07) is 6.68. The molecule has 164 valence electrons. The summed E-state index contributed by atoms with van der Waals surface area (Å²) in [5, 5.41) is 38.7. The maximum atomic E-state index is 15.0. The number of aromatic nitrogens is 6. The largest absolute Gasteiger partial charge is 0.507 e. The summed E-state index contributed by atoms with van der Waals surface area (Å²) in [7, 11) is 1.82. The Labute approximate surface area is 183 Å². The number of nitriles is 1. The van der Waals surface area contributed by atoms with Gasteiger partial charge in [0, 0.05) is 25.2 Å². The maximum absolute atomic E-state index is 15.0. The van der Waals surface area contributed by atoms with Crippen LogP contribution in [0.2, 0.25) is 0 Å². The average Bonchev–Trinajstić information content (AvgIpc) is 3.31. The number of rotatable bonds is 4. The molecule has 0 saturated carbocycles. The van der Waals surface area contributed by atoms with E-state index in [0.717, 1.165) is 25.7 Å². The van der Waals surface area contributed by atoms with Crippen LogP contribution in [0.3, 0.4) is 0 Å². The Morgan fingerprint density at radius 1 is 1.28 bits per heavy atom. The molecule has 0 unspecified atom stereocenters. The molecule has 2 saturated heterocycles. The lowest BCUT2D eigenvalue weighted by atomic mass is 9.82. The zero-order chi connectivity index (χ0) is 22.2.